The molecule has 1 aromatic carbocycles. The predicted molar refractivity (Wildman–Crippen MR) is 127 cm³/mol. The molecule has 3 heterocycles. The van der Waals surface area contributed by atoms with E-state index in [1.54, 1.807) is 18.3 Å². The number of benzene rings is 1. The van der Waals surface area contributed by atoms with E-state index in [0.717, 1.165) is 35.6 Å². The molecule has 1 N–H and O–H groups in total. The largest absolute Gasteiger partial charge is 0.361 e. The van der Waals surface area contributed by atoms with Crippen molar-refractivity contribution in [2.45, 2.75) is 43.4 Å². The number of amides is 1. The predicted octanol–water partition coefficient (Wildman–Crippen LogP) is 5.92. The number of thiazole rings is 1. The number of anilines is 1. The number of hydrogen-bond donors (Lipinski definition) is 1. The van der Waals surface area contributed by atoms with E-state index in [-0.39, 0.29) is 5.91 Å². The SMILES string of the molecule is Cc1cc(CSc2ncccc2C(=O)Nc2nc(-c3ccc4c(c3)CCCC4)cs2)no1. The number of aromatic nitrogens is 3. The van der Waals surface area contributed by atoms with Gasteiger partial charge in [0.15, 0.2) is 5.13 Å². The molecule has 6 nitrogen and oxygen atoms in total. The van der Waals surface area contributed by atoms with Crippen LogP contribution in [0, 0.1) is 6.92 Å². The monoisotopic (exact) mass is 462 g/mol. The van der Waals surface area contributed by atoms with E-state index < -0.39 is 0 Å². The summed E-state index contributed by atoms with van der Waals surface area (Å²) in [4.78, 5) is 22.0. The summed E-state index contributed by atoms with van der Waals surface area (Å²) in [6.07, 6.45) is 6.50. The number of pyridine rings is 1. The Hall–Kier alpha value is -2.97. The maximum atomic E-state index is 13.0. The summed E-state index contributed by atoms with van der Waals surface area (Å²) < 4.78 is 5.11. The molecule has 0 spiro atoms. The minimum Gasteiger partial charge on any atom is -0.361 e. The lowest BCUT2D eigenvalue weighted by Gasteiger charge is -2.16. The molecular weight excluding hydrogens is 440 g/mol. The molecule has 3 aromatic heterocycles. The highest BCUT2D eigenvalue weighted by molar-refractivity contribution is 7.98. The van der Waals surface area contributed by atoms with Crippen LogP contribution in [0.1, 0.15) is 45.8 Å². The van der Waals surface area contributed by atoms with Gasteiger partial charge in [-0.3, -0.25) is 10.1 Å². The Labute approximate surface area is 194 Å². The molecule has 0 saturated carbocycles. The van der Waals surface area contributed by atoms with E-state index in [9.17, 15) is 4.79 Å². The lowest BCUT2D eigenvalue weighted by molar-refractivity contribution is 0.102. The van der Waals surface area contributed by atoms with Crippen LogP contribution >= 0.6 is 23.1 Å². The van der Waals surface area contributed by atoms with E-state index in [2.05, 4.69) is 38.6 Å². The van der Waals surface area contributed by atoms with Gasteiger partial charge in [0.2, 0.25) is 0 Å². The highest BCUT2D eigenvalue weighted by atomic mass is 32.2. The van der Waals surface area contributed by atoms with Crippen molar-refractivity contribution in [3.8, 4) is 11.3 Å². The first-order valence-corrected chi connectivity index (χ1v) is 12.4. The topological polar surface area (TPSA) is 80.9 Å². The maximum Gasteiger partial charge on any atom is 0.260 e. The summed E-state index contributed by atoms with van der Waals surface area (Å²) >= 11 is 2.89. The van der Waals surface area contributed by atoms with Gasteiger partial charge in [-0.05, 0) is 61.9 Å². The zero-order valence-electron chi connectivity index (χ0n) is 17.6. The number of nitrogens with one attached hydrogen (secondary N) is 1. The highest BCUT2D eigenvalue weighted by Crippen LogP contribution is 2.30. The van der Waals surface area contributed by atoms with Crippen LogP contribution in [0.25, 0.3) is 11.3 Å². The average molecular weight is 463 g/mol. The van der Waals surface area contributed by atoms with E-state index in [1.807, 2.05) is 18.4 Å². The molecular formula is C24H22N4O2S2. The van der Waals surface area contributed by atoms with Gasteiger partial charge in [-0.25, -0.2) is 9.97 Å². The van der Waals surface area contributed by atoms with Gasteiger partial charge in [0, 0.05) is 29.0 Å². The molecule has 5 rings (SSSR count). The quantitative estimate of drug-likeness (QED) is 0.358. The second-order valence-electron chi connectivity index (χ2n) is 7.76. The summed E-state index contributed by atoms with van der Waals surface area (Å²) in [5.74, 6) is 1.12. The van der Waals surface area contributed by atoms with Gasteiger partial charge >= 0.3 is 0 Å². The zero-order chi connectivity index (χ0) is 21.9. The Kier molecular flexibility index (Phi) is 6.05. The van der Waals surface area contributed by atoms with Crippen LogP contribution in [-0.2, 0) is 18.6 Å². The molecule has 0 fully saturated rings. The van der Waals surface area contributed by atoms with Gasteiger partial charge in [-0.2, -0.15) is 0 Å². The lowest BCUT2D eigenvalue weighted by atomic mass is 9.90. The van der Waals surface area contributed by atoms with Crippen molar-refractivity contribution in [3.63, 3.8) is 0 Å². The van der Waals surface area contributed by atoms with Gasteiger partial charge in [0.1, 0.15) is 10.8 Å². The van der Waals surface area contributed by atoms with Crippen LogP contribution in [0.2, 0.25) is 0 Å². The molecule has 162 valence electrons. The van der Waals surface area contributed by atoms with Crippen molar-refractivity contribution in [3.05, 3.63) is 76.1 Å². The number of thioether (sulfide) groups is 1. The summed E-state index contributed by atoms with van der Waals surface area (Å²) in [5.41, 5.74) is 6.20. The van der Waals surface area contributed by atoms with Crippen molar-refractivity contribution in [1.82, 2.24) is 15.1 Å². The van der Waals surface area contributed by atoms with Crippen molar-refractivity contribution < 1.29 is 9.32 Å². The smallest absolute Gasteiger partial charge is 0.260 e. The molecule has 0 aliphatic heterocycles. The summed E-state index contributed by atoms with van der Waals surface area (Å²) in [7, 11) is 0. The van der Waals surface area contributed by atoms with E-state index >= 15 is 0 Å². The Morgan fingerprint density at radius 3 is 2.91 bits per heavy atom. The third-order valence-electron chi connectivity index (χ3n) is 5.42. The van der Waals surface area contributed by atoms with Crippen LogP contribution in [0.5, 0.6) is 0 Å². The molecule has 0 saturated heterocycles. The molecule has 32 heavy (non-hydrogen) atoms. The third kappa shape index (κ3) is 4.61. The Morgan fingerprint density at radius 1 is 1.19 bits per heavy atom. The van der Waals surface area contributed by atoms with Crippen molar-refractivity contribution in [2.24, 2.45) is 0 Å². The fourth-order valence-corrected chi connectivity index (χ4v) is 5.41. The van der Waals surface area contributed by atoms with Crippen LogP contribution in [-0.4, -0.2) is 21.0 Å². The fourth-order valence-electron chi connectivity index (χ4n) is 3.83. The van der Waals surface area contributed by atoms with Crippen molar-refractivity contribution >= 4 is 34.1 Å². The minimum absolute atomic E-state index is 0.219. The van der Waals surface area contributed by atoms with Gasteiger partial charge in [0.25, 0.3) is 5.91 Å². The van der Waals surface area contributed by atoms with Crippen molar-refractivity contribution in [2.75, 3.05) is 5.32 Å². The number of aryl methyl sites for hydroxylation is 3. The maximum absolute atomic E-state index is 13.0. The van der Waals surface area contributed by atoms with Gasteiger partial charge in [0.05, 0.1) is 17.0 Å². The van der Waals surface area contributed by atoms with Crippen LogP contribution in [0.15, 0.2) is 57.5 Å². The van der Waals surface area contributed by atoms with Crippen LogP contribution < -0.4 is 5.32 Å². The molecule has 0 atom stereocenters. The number of carbonyl (C=O) groups excluding carboxylic acids is 1. The Morgan fingerprint density at radius 2 is 2.06 bits per heavy atom. The number of nitrogens with zero attached hydrogens (tertiary/aromatic N) is 3. The van der Waals surface area contributed by atoms with Gasteiger partial charge in [-0.15, -0.1) is 11.3 Å². The first-order chi connectivity index (χ1) is 15.7. The molecule has 0 bridgehead atoms. The van der Waals surface area contributed by atoms with E-state index in [0.29, 0.717) is 21.5 Å². The molecule has 0 unspecified atom stereocenters. The second-order valence-corrected chi connectivity index (χ2v) is 9.58. The first-order valence-electron chi connectivity index (χ1n) is 10.5. The number of rotatable bonds is 6. The van der Waals surface area contributed by atoms with Gasteiger partial charge in [-0.1, -0.05) is 29.1 Å². The van der Waals surface area contributed by atoms with Crippen LogP contribution in [0.3, 0.4) is 0 Å². The second kappa shape index (κ2) is 9.26. The molecule has 4 aromatic rings. The summed E-state index contributed by atoms with van der Waals surface area (Å²) in [6, 6.07) is 12.0. The van der Waals surface area contributed by atoms with E-state index in [4.69, 9.17) is 4.52 Å². The minimum atomic E-state index is -0.219. The molecule has 0 radical (unpaired) electrons. The number of fused-ring (bicyclic) bond motifs is 1. The number of carbonyl (C=O) groups is 1. The molecule has 1 aliphatic carbocycles. The number of hydrogen-bond acceptors (Lipinski definition) is 7. The normalized spacial score (nSPS) is 13.0. The molecule has 1 amide bonds. The molecule has 1 aliphatic rings. The highest BCUT2D eigenvalue weighted by Gasteiger charge is 2.16. The third-order valence-corrected chi connectivity index (χ3v) is 7.21. The summed E-state index contributed by atoms with van der Waals surface area (Å²) in [6.45, 7) is 1.85. The fraction of sp³-hybridized carbons (Fsp3) is 0.250. The van der Waals surface area contributed by atoms with E-state index in [1.165, 1.54) is 47.1 Å². The summed E-state index contributed by atoms with van der Waals surface area (Å²) in [5, 5.41) is 10.2. The Bertz CT molecular complexity index is 1260. The zero-order valence-corrected chi connectivity index (χ0v) is 19.3. The van der Waals surface area contributed by atoms with Crippen LogP contribution in [0.4, 0.5) is 5.13 Å². The van der Waals surface area contributed by atoms with Gasteiger partial charge < -0.3 is 4.52 Å². The average Bonchev–Trinajstić information content (AvgIpc) is 3.46. The van der Waals surface area contributed by atoms with Crippen molar-refractivity contribution in [1.29, 1.82) is 0 Å². The first kappa shape index (κ1) is 20.9. The standard InChI is InChI=1S/C24H22N4O2S2/c1-15-11-19(28-30-15)13-31-23-20(7-4-10-25-23)22(29)27-24-26-21(14-32-24)18-9-8-16-5-2-3-6-17(16)12-18/h4,7-12,14H,2-3,5-6,13H2,1H3,(H,26,27,29). The lowest BCUT2D eigenvalue weighted by Crippen LogP contribution is -2.13. The molecule has 8 heteroatoms. The Balaban J connectivity index is 1.29.